The third-order valence-electron chi connectivity index (χ3n) is 6.54. The van der Waals surface area contributed by atoms with Gasteiger partial charge >= 0.3 is 5.97 Å². The lowest BCUT2D eigenvalue weighted by Gasteiger charge is -2.23. The molecule has 0 bridgehead atoms. The molecule has 0 aliphatic carbocycles. The minimum absolute atomic E-state index is 0.0343. The second-order valence-corrected chi connectivity index (χ2v) is 8.52. The second kappa shape index (κ2) is 9.92. The van der Waals surface area contributed by atoms with Crippen molar-refractivity contribution in [3.05, 3.63) is 52.6 Å². The van der Waals surface area contributed by atoms with E-state index < -0.39 is 24.8 Å². The lowest BCUT2D eigenvalue weighted by atomic mass is 9.87. The van der Waals surface area contributed by atoms with Crippen LogP contribution in [0.4, 0.5) is 0 Å². The number of carbonyl (C=O) groups excluding carboxylic acids is 1. The topological polar surface area (TPSA) is 144 Å². The number of fused-ring (bicyclic) bond motifs is 3. The van der Waals surface area contributed by atoms with Gasteiger partial charge in [-0.05, 0) is 46.3 Å². The average Bonchev–Trinajstić information content (AvgIpc) is 3.53. The molecule has 0 amide bonds. The van der Waals surface area contributed by atoms with E-state index in [2.05, 4.69) is 0 Å². The fourth-order valence-corrected chi connectivity index (χ4v) is 4.65. The van der Waals surface area contributed by atoms with E-state index in [1.807, 2.05) is 6.07 Å². The number of esters is 1. The maximum absolute atomic E-state index is 13.0. The lowest BCUT2D eigenvalue weighted by molar-refractivity contribution is -0.0561. The van der Waals surface area contributed by atoms with Gasteiger partial charge in [0.1, 0.15) is 31.2 Å². The Morgan fingerprint density at radius 1 is 0.944 bits per heavy atom. The van der Waals surface area contributed by atoms with Crippen molar-refractivity contribution in [3.63, 3.8) is 0 Å². The number of benzene rings is 3. The van der Waals surface area contributed by atoms with Crippen molar-refractivity contribution in [2.45, 2.75) is 32.0 Å². The maximum Gasteiger partial charge on any atom is 0.339 e. The van der Waals surface area contributed by atoms with Gasteiger partial charge in [0.15, 0.2) is 11.5 Å². The number of hydrogen-bond acceptors (Lipinski definition) is 10. The molecule has 3 aromatic carbocycles. The monoisotopic (exact) mass is 498 g/mol. The number of cyclic esters (lactones) is 1. The van der Waals surface area contributed by atoms with E-state index in [4.69, 9.17) is 23.7 Å². The van der Waals surface area contributed by atoms with Gasteiger partial charge in [-0.3, -0.25) is 0 Å². The summed E-state index contributed by atoms with van der Waals surface area (Å²) in [7, 11) is 1.39. The van der Waals surface area contributed by atoms with Crippen molar-refractivity contribution in [2.24, 2.45) is 0 Å². The molecular formula is C26H26O10. The molecule has 190 valence electrons. The van der Waals surface area contributed by atoms with Crippen molar-refractivity contribution in [1.29, 1.82) is 0 Å². The van der Waals surface area contributed by atoms with E-state index in [0.717, 1.165) is 0 Å². The summed E-state index contributed by atoms with van der Waals surface area (Å²) in [6.45, 7) is -1.21. The smallest absolute Gasteiger partial charge is 0.339 e. The largest absolute Gasteiger partial charge is 0.490 e. The average molecular weight is 498 g/mol. The standard InChI is InChI=1S/C26H26O10/c1-32-22(19(30)9-29)11-33-25-17-5-15(8-28)14(7-27)4-16(17)23(24-18(25)10-34-26(24)31)13-2-3-20-21(6-13)36-12-35-20/h2-6,19,22,27-30H,7-12H2,1H3. The number of ether oxygens (including phenoxy) is 5. The molecule has 2 atom stereocenters. The van der Waals surface area contributed by atoms with Gasteiger partial charge < -0.3 is 44.1 Å². The van der Waals surface area contributed by atoms with Gasteiger partial charge in [-0.2, -0.15) is 0 Å². The molecule has 0 saturated heterocycles. The predicted molar refractivity (Wildman–Crippen MR) is 126 cm³/mol. The van der Waals surface area contributed by atoms with E-state index in [1.165, 1.54) is 7.11 Å². The highest BCUT2D eigenvalue weighted by Crippen LogP contribution is 2.47. The zero-order valence-electron chi connectivity index (χ0n) is 19.5. The van der Waals surface area contributed by atoms with Crippen LogP contribution < -0.4 is 14.2 Å². The summed E-state index contributed by atoms with van der Waals surface area (Å²) in [6.07, 6.45) is -2.00. The van der Waals surface area contributed by atoms with Crippen LogP contribution in [0, 0.1) is 0 Å². The zero-order valence-corrected chi connectivity index (χ0v) is 19.5. The van der Waals surface area contributed by atoms with Crippen LogP contribution in [0.25, 0.3) is 21.9 Å². The highest BCUT2D eigenvalue weighted by atomic mass is 16.7. The molecule has 0 radical (unpaired) electrons. The predicted octanol–water partition coefficient (Wildman–Crippen LogP) is 1.64. The molecule has 2 aliphatic heterocycles. The summed E-state index contributed by atoms with van der Waals surface area (Å²) in [5, 5.41) is 40.5. The van der Waals surface area contributed by atoms with Gasteiger partial charge in [0, 0.05) is 23.6 Å². The highest BCUT2D eigenvalue weighted by molar-refractivity contribution is 6.13. The van der Waals surface area contributed by atoms with Crippen molar-refractivity contribution in [2.75, 3.05) is 27.1 Å². The van der Waals surface area contributed by atoms with E-state index in [9.17, 15) is 25.2 Å². The Morgan fingerprint density at radius 2 is 1.67 bits per heavy atom. The molecule has 3 aromatic rings. The normalized spacial score (nSPS) is 15.6. The molecule has 36 heavy (non-hydrogen) atoms. The Morgan fingerprint density at radius 3 is 2.36 bits per heavy atom. The minimum Gasteiger partial charge on any atom is -0.490 e. The maximum atomic E-state index is 13.0. The summed E-state index contributed by atoms with van der Waals surface area (Å²) >= 11 is 0. The first-order valence-corrected chi connectivity index (χ1v) is 11.4. The molecular weight excluding hydrogens is 472 g/mol. The van der Waals surface area contributed by atoms with Crippen LogP contribution in [0.3, 0.4) is 0 Å². The summed E-state index contributed by atoms with van der Waals surface area (Å²) in [5.74, 6) is 0.937. The Bertz CT molecular complexity index is 1320. The van der Waals surface area contributed by atoms with Crippen LogP contribution in [-0.2, 0) is 29.3 Å². The van der Waals surface area contributed by atoms with Crippen LogP contribution >= 0.6 is 0 Å². The number of methoxy groups -OCH3 is 1. The van der Waals surface area contributed by atoms with E-state index in [1.54, 1.807) is 24.3 Å². The van der Waals surface area contributed by atoms with Gasteiger partial charge in [-0.15, -0.1) is 0 Å². The molecule has 10 heteroatoms. The van der Waals surface area contributed by atoms with Crippen LogP contribution in [0.15, 0.2) is 30.3 Å². The van der Waals surface area contributed by atoms with E-state index >= 15 is 0 Å². The van der Waals surface area contributed by atoms with Crippen LogP contribution in [0.1, 0.15) is 27.0 Å². The molecule has 2 aliphatic rings. The molecule has 2 unspecified atom stereocenters. The van der Waals surface area contributed by atoms with Crippen molar-refractivity contribution in [3.8, 4) is 28.4 Å². The number of aliphatic hydroxyl groups excluding tert-OH is 4. The number of rotatable bonds is 9. The van der Waals surface area contributed by atoms with Crippen molar-refractivity contribution < 1.29 is 48.9 Å². The fraction of sp³-hybridized carbons (Fsp3) is 0.346. The van der Waals surface area contributed by atoms with Gasteiger partial charge in [0.25, 0.3) is 0 Å². The van der Waals surface area contributed by atoms with Gasteiger partial charge in [-0.1, -0.05) is 6.07 Å². The summed E-state index contributed by atoms with van der Waals surface area (Å²) < 4.78 is 27.7. The first-order valence-electron chi connectivity index (χ1n) is 11.4. The third-order valence-corrected chi connectivity index (χ3v) is 6.54. The molecule has 5 rings (SSSR count). The lowest BCUT2D eigenvalue weighted by Crippen LogP contribution is -2.36. The molecule has 0 saturated carbocycles. The molecule has 10 nitrogen and oxygen atoms in total. The van der Waals surface area contributed by atoms with Crippen LogP contribution in [0.2, 0.25) is 0 Å². The van der Waals surface area contributed by atoms with Crippen molar-refractivity contribution in [1.82, 2.24) is 0 Å². The highest BCUT2D eigenvalue weighted by Gasteiger charge is 2.33. The third kappa shape index (κ3) is 4.02. The molecule has 2 heterocycles. The first-order chi connectivity index (χ1) is 17.5. The molecule has 0 aromatic heterocycles. The minimum atomic E-state index is -1.17. The summed E-state index contributed by atoms with van der Waals surface area (Å²) in [4.78, 5) is 13.0. The number of carbonyl (C=O) groups is 1. The molecule has 4 N–H and O–H groups in total. The van der Waals surface area contributed by atoms with Gasteiger partial charge in [0.05, 0.1) is 25.4 Å². The fourth-order valence-electron chi connectivity index (χ4n) is 4.65. The number of aliphatic hydroxyl groups is 4. The van der Waals surface area contributed by atoms with Crippen LogP contribution in [0.5, 0.6) is 17.2 Å². The Balaban J connectivity index is 1.76. The zero-order chi connectivity index (χ0) is 25.4. The Hall–Kier alpha value is -3.41. The summed E-state index contributed by atoms with van der Waals surface area (Å²) in [5.41, 5.74) is 3.07. The molecule has 0 fully saturated rings. The van der Waals surface area contributed by atoms with Crippen LogP contribution in [-0.4, -0.2) is 65.7 Å². The van der Waals surface area contributed by atoms with E-state index in [-0.39, 0.29) is 33.2 Å². The second-order valence-electron chi connectivity index (χ2n) is 8.52. The Labute approximate surface area is 206 Å². The SMILES string of the molecule is COC(COc1c2c(c(-c3ccc4c(c3)OCO4)c3cc(CO)c(CO)cc13)C(=O)OC2)C(O)CO. The van der Waals surface area contributed by atoms with E-state index in [0.29, 0.717) is 61.4 Å². The Kier molecular flexibility index (Phi) is 6.69. The molecule has 0 spiro atoms. The first kappa shape index (κ1) is 24.3. The van der Waals surface area contributed by atoms with Gasteiger partial charge in [0.2, 0.25) is 6.79 Å². The van der Waals surface area contributed by atoms with Crippen molar-refractivity contribution >= 4 is 16.7 Å². The summed E-state index contributed by atoms with van der Waals surface area (Å²) in [6, 6.07) is 8.78. The van der Waals surface area contributed by atoms with Gasteiger partial charge in [-0.25, -0.2) is 4.79 Å². The quantitative estimate of drug-likeness (QED) is 0.321. The number of hydrogen-bond donors (Lipinski definition) is 4.